The number of hydrogen-bond acceptors (Lipinski definition) is 16. The summed E-state index contributed by atoms with van der Waals surface area (Å²) in [5.74, 6) is -4.07. The maximum Gasteiger partial charge on any atom is 0.501 e. The van der Waals surface area contributed by atoms with E-state index in [4.69, 9.17) is 28.5 Å². The fourth-order valence-corrected chi connectivity index (χ4v) is 15.9. The van der Waals surface area contributed by atoms with Gasteiger partial charge < -0.3 is 54.4 Å². The molecular weight excluding hydrogens is 1150 g/mol. The third-order valence-corrected chi connectivity index (χ3v) is 19.9. The normalized spacial score (nSPS) is 19.2. The van der Waals surface area contributed by atoms with Crippen LogP contribution in [0.3, 0.4) is 0 Å². The van der Waals surface area contributed by atoms with Crippen molar-refractivity contribution in [2.45, 2.75) is 176 Å². The molecule has 0 radical (unpaired) electrons. The number of Topliss-reactive ketones (excluding diaryl/α,β-unsaturated/α-hetero) is 1. The monoisotopic (exact) mass is 1240 g/mol. The van der Waals surface area contributed by atoms with Crippen molar-refractivity contribution in [2.24, 2.45) is 41.2 Å². The van der Waals surface area contributed by atoms with Crippen LogP contribution in [-0.4, -0.2) is 157 Å². The maximum absolute atomic E-state index is 14.1. The van der Waals surface area contributed by atoms with E-state index >= 15 is 0 Å². The lowest BCUT2D eigenvalue weighted by Gasteiger charge is -2.35. The highest BCUT2D eigenvalue weighted by Crippen LogP contribution is 2.57. The first kappa shape index (κ1) is 68.9. The third kappa shape index (κ3) is 18.1. The lowest BCUT2D eigenvalue weighted by molar-refractivity contribution is -0.143. The molecule has 482 valence electrons. The number of benzene rings is 2. The first-order valence-corrected chi connectivity index (χ1v) is 33.5. The number of carboxylic acids is 1. The molecule has 2 fully saturated rings. The van der Waals surface area contributed by atoms with E-state index in [9.17, 15) is 43.5 Å². The van der Waals surface area contributed by atoms with Gasteiger partial charge in [-0.05, 0) is 122 Å². The van der Waals surface area contributed by atoms with Crippen LogP contribution in [0.15, 0.2) is 60.7 Å². The molecule has 24 heteroatoms. The predicted molar refractivity (Wildman–Crippen MR) is 330 cm³/mol. The van der Waals surface area contributed by atoms with Gasteiger partial charge in [0.2, 0.25) is 35.4 Å². The number of unbranched alkanes of at least 4 members (excludes halogenated alkanes) is 1. The van der Waals surface area contributed by atoms with Crippen LogP contribution in [0.25, 0.3) is 22.5 Å². The number of aromatic nitrogens is 3. The minimum atomic E-state index is -2.99. The number of nitrogens with zero attached hydrogens (tertiary/aromatic N) is 5. The van der Waals surface area contributed by atoms with Crippen LogP contribution in [-0.2, 0) is 74.2 Å². The number of aliphatic carboxylic acids is 1. The molecule has 6 atom stereocenters. The van der Waals surface area contributed by atoms with Crippen molar-refractivity contribution < 1.29 is 66.2 Å². The van der Waals surface area contributed by atoms with Crippen LogP contribution >= 0.6 is 0 Å². The number of amides is 6. The molecule has 2 aliphatic heterocycles. The lowest BCUT2D eigenvalue weighted by atomic mass is 9.85. The number of fused-ring (bicyclic) bond motifs is 10. The summed E-state index contributed by atoms with van der Waals surface area (Å²) in [7, 11) is -2.99. The van der Waals surface area contributed by atoms with Gasteiger partial charge in [0.05, 0.1) is 56.1 Å². The van der Waals surface area contributed by atoms with E-state index in [0.29, 0.717) is 48.8 Å². The number of anilines is 1. The number of ether oxygens (including phenoxy) is 2. The molecule has 1 aromatic heterocycles. The average Bonchev–Trinajstić information content (AvgIpc) is 1.73. The Morgan fingerprint density at radius 3 is 1.97 bits per heavy atom. The van der Waals surface area contributed by atoms with Crippen LogP contribution in [0.1, 0.15) is 132 Å². The molecule has 2 bridgehead atoms. The zero-order valence-electron chi connectivity index (χ0n) is 52.5. The van der Waals surface area contributed by atoms with Crippen molar-refractivity contribution in [2.75, 3.05) is 51.0 Å². The Labute approximate surface area is 518 Å². The maximum atomic E-state index is 14.1. The highest BCUT2D eigenvalue weighted by atomic mass is 28.4. The van der Waals surface area contributed by atoms with E-state index < -0.39 is 50.5 Å². The van der Waals surface area contributed by atoms with E-state index in [0.717, 1.165) is 29.7 Å². The SMILES string of the molecule is CC(C)O[Si](CCCC1C2C=CC1C1C(=O)N(CCC(=O)CCCOCCC(=O)NCCC(=O)N3Cc4ccccc4-c4c(nnn4CCOCCC(=O)N[C@H](C(=O)N[C@@H](CCCCN)C(=O)O)C(C)C)-c4ccccc43)C(=O)C21)(OC(C)C)OC(C)C. The minimum Gasteiger partial charge on any atom is -0.480 e. The first-order valence-electron chi connectivity index (χ1n) is 31.6. The van der Waals surface area contributed by atoms with Crippen LogP contribution < -0.4 is 26.6 Å². The Balaban J connectivity index is 0.806. The Morgan fingerprint density at radius 2 is 1.33 bits per heavy atom. The molecule has 7 rings (SSSR count). The molecular formula is C64H93N9O14Si. The number of hydrogen-bond donors (Lipinski definition) is 5. The van der Waals surface area contributed by atoms with Gasteiger partial charge >= 0.3 is 14.8 Å². The number of carbonyl (C=O) groups excluding carboxylic acids is 7. The average molecular weight is 1240 g/mol. The van der Waals surface area contributed by atoms with Crippen LogP contribution in [0.2, 0.25) is 6.04 Å². The smallest absolute Gasteiger partial charge is 0.480 e. The zero-order chi connectivity index (χ0) is 63.7. The minimum absolute atomic E-state index is 0.0149. The van der Waals surface area contributed by atoms with E-state index in [-0.39, 0.29) is 163 Å². The van der Waals surface area contributed by atoms with Gasteiger partial charge in [-0.2, -0.15) is 0 Å². The molecule has 0 spiro atoms. The largest absolute Gasteiger partial charge is 0.501 e. The molecule has 2 aliphatic carbocycles. The van der Waals surface area contributed by atoms with Crippen molar-refractivity contribution in [3.8, 4) is 22.5 Å². The summed E-state index contributed by atoms with van der Waals surface area (Å²) in [5, 5.41) is 26.9. The standard InChI is InChI=1S/C64H93N9O14Si/c1-40(2)58(61(78)67-51(64(81)82)22-13-14-30-65)68-54(76)29-36-84-37-33-73-60-46-19-10-9-17-44(46)39-72(52-23-12-11-20-50(52)59(60)69-70-73)55(77)26-31-66-53(75)28-35-83-34-15-18-45(74)27-32-71-62(79)56-48-24-25-49(57(56)63(71)80)47(48)21-16-38-88(85-41(3)4,86-42(5)6)87-43(7)8/h9-12,17,19-20,23-25,40-43,47-49,51,56-58H,13-16,18,21-22,26-39,65H2,1-8H3,(H,66,75)(H,67,78)(H,68,76)(H,81,82)/t47?,48?,49?,51-,56?,57?,58-/m0/s1. The van der Waals surface area contributed by atoms with Gasteiger partial charge in [0.25, 0.3) is 0 Å². The summed E-state index contributed by atoms with van der Waals surface area (Å²) < 4.78 is 32.5. The molecule has 1 saturated heterocycles. The number of nitrogens with two attached hydrogens (primary N) is 1. The molecule has 4 unspecified atom stereocenters. The predicted octanol–water partition coefficient (Wildman–Crippen LogP) is 6.38. The summed E-state index contributed by atoms with van der Waals surface area (Å²) in [6, 6.07) is 13.7. The summed E-state index contributed by atoms with van der Waals surface area (Å²) in [5.41, 5.74) is 9.81. The second kappa shape index (κ2) is 32.8. The molecule has 23 nitrogen and oxygen atoms in total. The van der Waals surface area contributed by atoms with Gasteiger partial charge in [0.15, 0.2) is 0 Å². The second-order valence-electron chi connectivity index (χ2n) is 24.5. The number of nitrogens with one attached hydrogen (secondary N) is 3. The molecule has 6 N–H and O–H groups in total. The van der Waals surface area contributed by atoms with Crippen molar-refractivity contribution in [1.82, 2.24) is 35.8 Å². The molecule has 1 saturated carbocycles. The fourth-order valence-electron chi connectivity index (χ4n) is 12.6. The molecule has 4 aliphatic rings. The third-order valence-electron chi connectivity index (χ3n) is 16.5. The second-order valence-corrected chi connectivity index (χ2v) is 27.1. The lowest BCUT2D eigenvalue weighted by Crippen LogP contribution is -2.53. The first-order chi connectivity index (χ1) is 42.1. The van der Waals surface area contributed by atoms with Gasteiger partial charge in [-0.1, -0.05) is 73.7 Å². The highest BCUT2D eigenvalue weighted by molar-refractivity contribution is 6.60. The van der Waals surface area contributed by atoms with Gasteiger partial charge in [0, 0.05) is 87.3 Å². The Hall–Kier alpha value is -6.54. The summed E-state index contributed by atoms with van der Waals surface area (Å²) in [4.78, 5) is 108. The summed E-state index contributed by atoms with van der Waals surface area (Å²) in [6.45, 7) is 17.1. The van der Waals surface area contributed by atoms with Crippen LogP contribution in [0.5, 0.6) is 0 Å². The number of carboxylic acid groups (broad SMARTS) is 1. The van der Waals surface area contributed by atoms with Crippen molar-refractivity contribution in [3.05, 3.63) is 66.2 Å². The molecule has 2 aromatic carbocycles. The Kier molecular flexibility index (Phi) is 25.7. The number of para-hydroxylation sites is 1. The highest BCUT2D eigenvalue weighted by Gasteiger charge is 2.63. The molecule has 88 heavy (non-hydrogen) atoms. The quantitative estimate of drug-likeness (QED) is 0.0180. The number of likely N-dealkylation sites (tertiary alicyclic amines) is 1. The van der Waals surface area contributed by atoms with Gasteiger partial charge in [-0.25, -0.2) is 9.48 Å². The summed E-state index contributed by atoms with van der Waals surface area (Å²) in [6.07, 6.45) is 7.80. The van der Waals surface area contributed by atoms with Crippen molar-refractivity contribution in [3.63, 3.8) is 0 Å². The van der Waals surface area contributed by atoms with Crippen LogP contribution in [0.4, 0.5) is 5.69 Å². The number of rotatable bonds is 38. The Morgan fingerprint density at radius 1 is 0.705 bits per heavy atom. The van der Waals surface area contributed by atoms with Gasteiger partial charge in [-0.15, -0.1) is 5.10 Å². The number of ketones is 1. The van der Waals surface area contributed by atoms with E-state index in [1.54, 1.807) is 23.4 Å². The molecule has 3 heterocycles. The van der Waals surface area contributed by atoms with Crippen molar-refractivity contribution in [1.29, 1.82) is 0 Å². The summed E-state index contributed by atoms with van der Waals surface area (Å²) >= 11 is 0. The number of carbonyl (C=O) groups is 8. The van der Waals surface area contributed by atoms with Gasteiger partial charge in [-0.3, -0.25) is 38.5 Å². The Bertz CT molecular complexity index is 2870. The molecule has 6 amide bonds. The zero-order valence-corrected chi connectivity index (χ0v) is 53.5. The van der Waals surface area contributed by atoms with Crippen LogP contribution in [0, 0.1) is 35.5 Å². The fraction of sp³-hybridized carbons (Fsp3) is 0.625. The molecule has 3 aromatic rings. The topological polar surface area (TPSA) is 302 Å². The van der Waals surface area contributed by atoms with E-state index in [2.05, 4.69) is 38.4 Å². The van der Waals surface area contributed by atoms with Crippen molar-refractivity contribution >= 4 is 61.7 Å². The van der Waals surface area contributed by atoms with Gasteiger partial charge in [0.1, 0.15) is 23.6 Å². The van der Waals surface area contributed by atoms with E-state index in [1.807, 2.05) is 90.1 Å². The number of allylic oxidation sites excluding steroid dienone is 2. The number of imide groups is 1. The van der Waals surface area contributed by atoms with E-state index in [1.165, 1.54) is 4.90 Å².